The fraction of sp³-hybridized carbons (Fsp3) is 0.188. The number of aryl methyl sites for hydroxylation is 3. The van der Waals surface area contributed by atoms with Gasteiger partial charge in [-0.05, 0) is 38.5 Å². The Labute approximate surface area is 135 Å². The molecule has 7 heteroatoms. The topological polar surface area (TPSA) is 88.4 Å². The first-order valence-corrected chi connectivity index (χ1v) is 8.45. The number of rotatable bonds is 5. The van der Waals surface area contributed by atoms with Crippen LogP contribution in [-0.2, 0) is 10.0 Å². The lowest BCUT2D eigenvalue weighted by Gasteiger charge is -2.04. The summed E-state index contributed by atoms with van der Waals surface area (Å²) in [6.45, 7) is 5.28. The SMILES string of the molecule is Cc1ccc(/C=C\S(=O)(=O)NNC(=O)c2cc(C)oc2C)cc1. The summed E-state index contributed by atoms with van der Waals surface area (Å²) in [4.78, 5) is 13.9. The molecule has 1 amide bonds. The molecule has 2 rings (SSSR count). The number of carbonyl (C=O) groups is 1. The standard InChI is InChI=1S/C16H18N2O4S/c1-11-4-6-14(7-5-11)8-9-23(20,21)18-17-16(19)15-10-12(2)22-13(15)3/h4-10,18H,1-3H3,(H,17,19)/b9-8-. The summed E-state index contributed by atoms with van der Waals surface area (Å²) in [5, 5.41) is 0.991. The fourth-order valence-corrected chi connectivity index (χ4v) is 2.56. The van der Waals surface area contributed by atoms with Gasteiger partial charge in [0.05, 0.1) is 5.56 Å². The van der Waals surface area contributed by atoms with Crippen molar-refractivity contribution >= 4 is 22.0 Å². The number of nitrogens with one attached hydrogen (secondary N) is 2. The molecule has 0 aliphatic heterocycles. The molecule has 0 radical (unpaired) electrons. The molecule has 0 aliphatic rings. The lowest BCUT2D eigenvalue weighted by atomic mass is 10.2. The molecule has 0 saturated carbocycles. The van der Waals surface area contributed by atoms with Crippen molar-refractivity contribution in [2.45, 2.75) is 20.8 Å². The lowest BCUT2D eigenvalue weighted by Crippen LogP contribution is -2.40. The van der Waals surface area contributed by atoms with E-state index in [9.17, 15) is 13.2 Å². The van der Waals surface area contributed by atoms with Crippen LogP contribution in [0.15, 0.2) is 40.2 Å². The highest BCUT2D eigenvalue weighted by atomic mass is 32.2. The van der Waals surface area contributed by atoms with Gasteiger partial charge < -0.3 is 4.42 Å². The van der Waals surface area contributed by atoms with Crippen molar-refractivity contribution in [2.75, 3.05) is 0 Å². The monoisotopic (exact) mass is 334 g/mol. The minimum atomic E-state index is -3.79. The van der Waals surface area contributed by atoms with Crippen LogP contribution in [0.4, 0.5) is 0 Å². The fourth-order valence-electron chi connectivity index (χ4n) is 1.92. The quantitative estimate of drug-likeness (QED) is 0.822. The third kappa shape index (κ3) is 4.80. The average molecular weight is 334 g/mol. The van der Waals surface area contributed by atoms with Crippen molar-refractivity contribution in [1.82, 2.24) is 10.3 Å². The van der Waals surface area contributed by atoms with Crippen molar-refractivity contribution in [3.8, 4) is 0 Å². The number of carbonyl (C=O) groups excluding carboxylic acids is 1. The van der Waals surface area contributed by atoms with Crippen LogP contribution in [0.5, 0.6) is 0 Å². The minimum Gasteiger partial charge on any atom is -0.466 e. The van der Waals surface area contributed by atoms with E-state index >= 15 is 0 Å². The van der Waals surface area contributed by atoms with Crippen LogP contribution in [0.25, 0.3) is 6.08 Å². The van der Waals surface area contributed by atoms with Crippen LogP contribution in [0.1, 0.15) is 33.0 Å². The molecule has 6 nitrogen and oxygen atoms in total. The van der Waals surface area contributed by atoms with Gasteiger partial charge in [0.15, 0.2) is 0 Å². The Morgan fingerprint density at radius 3 is 2.35 bits per heavy atom. The predicted molar refractivity (Wildman–Crippen MR) is 87.9 cm³/mol. The molecule has 2 N–H and O–H groups in total. The highest BCUT2D eigenvalue weighted by molar-refractivity contribution is 7.92. The molecule has 0 fully saturated rings. The second-order valence-corrected chi connectivity index (χ2v) is 6.71. The zero-order valence-electron chi connectivity index (χ0n) is 13.1. The van der Waals surface area contributed by atoms with Crippen molar-refractivity contribution in [2.24, 2.45) is 0 Å². The Bertz CT molecular complexity index is 833. The van der Waals surface area contributed by atoms with Crippen LogP contribution in [0, 0.1) is 20.8 Å². The van der Waals surface area contributed by atoms with E-state index in [2.05, 4.69) is 5.43 Å². The molecule has 23 heavy (non-hydrogen) atoms. The van der Waals surface area contributed by atoms with Crippen LogP contribution in [0.3, 0.4) is 0 Å². The first-order chi connectivity index (χ1) is 10.8. The summed E-state index contributed by atoms with van der Waals surface area (Å²) in [7, 11) is -3.79. The summed E-state index contributed by atoms with van der Waals surface area (Å²) in [5.41, 5.74) is 4.26. The van der Waals surface area contributed by atoms with E-state index < -0.39 is 15.9 Å². The van der Waals surface area contributed by atoms with E-state index in [0.29, 0.717) is 11.5 Å². The maximum absolute atomic E-state index is 11.9. The molecule has 0 unspecified atom stereocenters. The molecule has 0 bridgehead atoms. The Morgan fingerprint density at radius 2 is 1.78 bits per heavy atom. The number of furan rings is 1. The maximum Gasteiger partial charge on any atom is 0.269 e. The highest BCUT2D eigenvalue weighted by Crippen LogP contribution is 2.13. The van der Waals surface area contributed by atoms with E-state index in [-0.39, 0.29) is 5.56 Å². The lowest BCUT2D eigenvalue weighted by molar-refractivity contribution is 0.0944. The molecule has 2 aromatic rings. The number of hydrazine groups is 1. The smallest absolute Gasteiger partial charge is 0.269 e. The molecule has 0 saturated heterocycles. The number of amides is 1. The number of sulfonamides is 1. The summed E-state index contributed by atoms with van der Waals surface area (Å²) < 4.78 is 29.0. The van der Waals surface area contributed by atoms with E-state index in [0.717, 1.165) is 16.5 Å². The number of hydrogen-bond acceptors (Lipinski definition) is 4. The van der Waals surface area contributed by atoms with Gasteiger partial charge in [-0.15, -0.1) is 4.83 Å². The summed E-state index contributed by atoms with van der Waals surface area (Å²) in [5.74, 6) is 0.427. The number of hydrogen-bond donors (Lipinski definition) is 2. The molecule has 122 valence electrons. The average Bonchev–Trinajstić information content (AvgIpc) is 2.83. The third-order valence-corrected chi connectivity index (χ3v) is 3.99. The van der Waals surface area contributed by atoms with Crippen molar-refractivity contribution < 1.29 is 17.6 Å². The molecule has 0 atom stereocenters. The van der Waals surface area contributed by atoms with E-state index in [4.69, 9.17) is 4.42 Å². The predicted octanol–water partition coefficient (Wildman–Crippen LogP) is 2.44. The second kappa shape index (κ2) is 6.80. The molecule has 1 aromatic carbocycles. The van der Waals surface area contributed by atoms with E-state index in [1.165, 1.54) is 6.08 Å². The molecule has 1 heterocycles. The Balaban J connectivity index is 2.00. The van der Waals surface area contributed by atoms with Gasteiger partial charge in [0.25, 0.3) is 15.9 Å². The second-order valence-electron chi connectivity index (χ2n) is 5.14. The van der Waals surface area contributed by atoms with Gasteiger partial charge in [-0.3, -0.25) is 10.2 Å². The van der Waals surface area contributed by atoms with Gasteiger partial charge in [0.2, 0.25) is 0 Å². The van der Waals surface area contributed by atoms with Crippen LogP contribution in [0.2, 0.25) is 0 Å². The van der Waals surface area contributed by atoms with Crippen LogP contribution < -0.4 is 10.3 Å². The third-order valence-electron chi connectivity index (χ3n) is 3.11. The van der Waals surface area contributed by atoms with Gasteiger partial charge >= 0.3 is 0 Å². The highest BCUT2D eigenvalue weighted by Gasteiger charge is 2.15. The van der Waals surface area contributed by atoms with Gasteiger partial charge in [-0.2, -0.15) is 0 Å². The zero-order valence-corrected chi connectivity index (χ0v) is 13.9. The van der Waals surface area contributed by atoms with Crippen molar-refractivity contribution in [3.05, 3.63) is 64.0 Å². The summed E-state index contributed by atoms with van der Waals surface area (Å²) in [6.07, 6.45) is 1.45. The zero-order chi connectivity index (χ0) is 17.0. The van der Waals surface area contributed by atoms with E-state index in [1.54, 1.807) is 32.0 Å². The van der Waals surface area contributed by atoms with Crippen LogP contribution >= 0.6 is 0 Å². The largest absolute Gasteiger partial charge is 0.466 e. The first-order valence-electron chi connectivity index (χ1n) is 6.91. The summed E-state index contributed by atoms with van der Waals surface area (Å²) >= 11 is 0. The summed E-state index contributed by atoms with van der Waals surface area (Å²) in [6, 6.07) is 8.91. The normalized spacial score (nSPS) is 11.8. The minimum absolute atomic E-state index is 0.285. The molecular formula is C16H18N2O4S. The number of benzene rings is 1. The van der Waals surface area contributed by atoms with Crippen molar-refractivity contribution in [1.29, 1.82) is 0 Å². The van der Waals surface area contributed by atoms with Crippen molar-refractivity contribution in [3.63, 3.8) is 0 Å². The molecule has 0 spiro atoms. The molecule has 0 aliphatic carbocycles. The van der Waals surface area contributed by atoms with Crippen LogP contribution in [-0.4, -0.2) is 14.3 Å². The van der Waals surface area contributed by atoms with Gasteiger partial charge in [0.1, 0.15) is 11.5 Å². The maximum atomic E-state index is 11.9. The van der Waals surface area contributed by atoms with Gasteiger partial charge in [-0.1, -0.05) is 29.8 Å². The Morgan fingerprint density at radius 1 is 1.13 bits per heavy atom. The Kier molecular flexibility index (Phi) is 5.02. The molecular weight excluding hydrogens is 316 g/mol. The van der Waals surface area contributed by atoms with E-state index in [1.807, 2.05) is 23.9 Å². The first kappa shape index (κ1) is 17.0. The molecule has 1 aromatic heterocycles. The van der Waals surface area contributed by atoms with Gasteiger partial charge in [0, 0.05) is 5.41 Å². The van der Waals surface area contributed by atoms with Gasteiger partial charge in [-0.25, -0.2) is 8.42 Å². The Hall–Kier alpha value is -2.38.